The van der Waals surface area contributed by atoms with Crippen molar-refractivity contribution in [2.45, 2.75) is 46.7 Å². The first-order chi connectivity index (χ1) is 14.8. The van der Waals surface area contributed by atoms with Gasteiger partial charge in [-0.05, 0) is 55.0 Å². The summed E-state index contributed by atoms with van der Waals surface area (Å²) in [6.45, 7) is 9.19. The number of fused-ring (bicyclic) bond motifs is 2. The Morgan fingerprint density at radius 3 is 2.81 bits per heavy atom. The number of hydrogen-bond donors (Lipinski definition) is 0. The highest BCUT2D eigenvalue weighted by Gasteiger charge is 2.41. The lowest BCUT2D eigenvalue weighted by molar-refractivity contribution is 0.0620. The first-order valence-corrected chi connectivity index (χ1v) is 10.6. The van der Waals surface area contributed by atoms with E-state index in [0.29, 0.717) is 24.5 Å². The van der Waals surface area contributed by atoms with Crippen LogP contribution in [0.2, 0.25) is 0 Å². The molecule has 7 nitrogen and oxygen atoms in total. The standard InChI is InChI=1S/C24H26N4O3/c1-15-11-26(14-25-15)19-7-8-20-23(30)27(16(2)12-28(20)22(19)29)13-18-21-17(6-5-9-31-21)10-24(18,3)4/h5-9,11,14,16H,10,12-13H2,1-4H3/t16-/m1/s1. The molecule has 0 aromatic carbocycles. The molecule has 2 aromatic heterocycles. The number of carbonyl (C=O) groups excluding carboxylic acids is 1. The molecule has 0 unspecified atom stereocenters. The third-order valence-corrected chi connectivity index (χ3v) is 6.51. The minimum Gasteiger partial charge on any atom is -0.465 e. The number of amides is 1. The van der Waals surface area contributed by atoms with Crippen LogP contribution in [0.15, 0.2) is 64.8 Å². The van der Waals surface area contributed by atoms with Gasteiger partial charge in [0, 0.05) is 25.3 Å². The first-order valence-electron chi connectivity index (χ1n) is 10.6. The Morgan fingerprint density at radius 1 is 1.26 bits per heavy atom. The van der Waals surface area contributed by atoms with E-state index in [4.69, 9.17) is 4.74 Å². The number of pyridine rings is 1. The van der Waals surface area contributed by atoms with E-state index in [1.807, 2.05) is 31.0 Å². The number of hydrogen-bond acceptors (Lipinski definition) is 4. The van der Waals surface area contributed by atoms with Crippen molar-refractivity contribution in [1.29, 1.82) is 0 Å². The van der Waals surface area contributed by atoms with Crippen LogP contribution in [0.25, 0.3) is 5.69 Å². The zero-order valence-electron chi connectivity index (χ0n) is 18.3. The molecule has 7 heteroatoms. The summed E-state index contributed by atoms with van der Waals surface area (Å²) in [7, 11) is 0. The fourth-order valence-corrected chi connectivity index (χ4v) is 4.79. The molecule has 0 saturated carbocycles. The van der Waals surface area contributed by atoms with Crippen molar-refractivity contribution in [3.63, 3.8) is 0 Å². The minimum absolute atomic E-state index is 0.0898. The summed E-state index contributed by atoms with van der Waals surface area (Å²) in [5.74, 6) is 0.762. The van der Waals surface area contributed by atoms with Crippen LogP contribution in [0.3, 0.4) is 0 Å². The van der Waals surface area contributed by atoms with Gasteiger partial charge >= 0.3 is 0 Å². The molecule has 0 saturated heterocycles. The summed E-state index contributed by atoms with van der Waals surface area (Å²) < 4.78 is 9.15. The fraction of sp³-hybridized carbons (Fsp3) is 0.375. The highest BCUT2D eigenvalue weighted by molar-refractivity contribution is 5.94. The van der Waals surface area contributed by atoms with Crippen molar-refractivity contribution in [2.24, 2.45) is 5.41 Å². The SMILES string of the molecule is Cc1cn(-c2ccc3n(c2=O)C[C@@H](C)N(CC2=C4OC=CC=C4CC2(C)C)C3=O)cn1. The molecule has 0 N–H and O–H groups in total. The van der Waals surface area contributed by atoms with E-state index in [1.165, 1.54) is 5.57 Å². The van der Waals surface area contributed by atoms with Crippen molar-refractivity contribution in [3.05, 3.63) is 81.7 Å². The summed E-state index contributed by atoms with van der Waals surface area (Å²) in [6, 6.07) is 3.34. The van der Waals surface area contributed by atoms with Crippen LogP contribution < -0.4 is 5.56 Å². The molecular weight excluding hydrogens is 392 g/mol. The monoisotopic (exact) mass is 418 g/mol. The Kier molecular flexibility index (Phi) is 4.32. The molecule has 2 aromatic rings. The van der Waals surface area contributed by atoms with Gasteiger partial charge in [0.1, 0.15) is 17.1 Å². The van der Waals surface area contributed by atoms with Gasteiger partial charge in [-0.25, -0.2) is 4.98 Å². The number of aromatic nitrogens is 3. The number of allylic oxidation sites excluding steroid dienone is 3. The van der Waals surface area contributed by atoms with Crippen molar-refractivity contribution >= 4 is 5.91 Å². The Morgan fingerprint density at radius 2 is 2.06 bits per heavy atom. The maximum absolute atomic E-state index is 13.4. The number of carbonyl (C=O) groups is 1. The normalized spacial score (nSPS) is 21.7. The Balaban J connectivity index is 1.51. The van der Waals surface area contributed by atoms with Crippen LogP contribution in [0.1, 0.15) is 43.4 Å². The van der Waals surface area contributed by atoms with Crippen LogP contribution in [0, 0.1) is 12.3 Å². The third kappa shape index (κ3) is 3.07. The van der Waals surface area contributed by atoms with Gasteiger partial charge in [-0.15, -0.1) is 0 Å². The van der Waals surface area contributed by atoms with Gasteiger partial charge in [-0.1, -0.05) is 19.9 Å². The maximum atomic E-state index is 13.4. The van der Waals surface area contributed by atoms with E-state index < -0.39 is 0 Å². The van der Waals surface area contributed by atoms with E-state index >= 15 is 0 Å². The highest BCUT2D eigenvalue weighted by Crippen LogP contribution is 2.47. The maximum Gasteiger partial charge on any atom is 0.275 e. The summed E-state index contributed by atoms with van der Waals surface area (Å²) in [4.78, 5) is 32.7. The summed E-state index contributed by atoms with van der Waals surface area (Å²) in [6.07, 6.45) is 10.0. The summed E-state index contributed by atoms with van der Waals surface area (Å²) in [5.41, 5.74) is 3.79. The second kappa shape index (κ2) is 6.83. The molecule has 5 rings (SSSR count). The van der Waals surface area contributed by atoms with E-state index in [-0.39, 0.29) is 22.9 Å². The van der Waals surface area contributed by atoms with E-state index in [1.54, 1.807) is 33.9 Å². The largest absolute Gasteiger partial charge is 0.465 e. The third-order valence-electron chi connectivity index (χ3n) is 6.51. The number of aryl methyl sites for hydroxylation is 1. The molecule has 160 valence electrons. The average Bonchev–Trinajstić information content (AvgIpc) is 3.25. The minimum atomic E-state index is -0.177. The molecular formula is C24H26N4O3. The van der Waals surface area contributed by atoms with Gasteiger partial charge in [0.15, 0.2) is 0 Å². The molecule has 0 radical (unpaired) electrons. The molecule has 0 fully saturated rings. The van der Waals surface area contributed by atoms with Crippen molar-refractivity contribution in [3.8, 4) is 5.69 Å². The van der Waals surface area contributed by atoms with Crippen LogP contribution >= 0.6 is 0 Å². The second-order valence-corrected chi connectivity index (χ2v) is 9.23. The van der Waals surface area contributed by atoms with Gasteiger partial charge in [-0.3, -0.25) is 9.59 Å². The van der Waals surface area contributed by atoms with Gasteiger partial charge in [-0.2, -0.15) is 0 Å². The van der Waals surface area contributed by atoms with E-state index in [9.17, 15) is 9.59 Å². The molecule has 0 bridgehead atoms. The molecule has 1 aliphatic carbocycles. The van der Waals surface area contributed by atoms with Gasteiger partial charge in [0.25, 0.3) is 11.5 Å². The summed E-state index contributed by atoms with van der Waals surface area (Å²) in [5, 5.41) is 0. The number of imidazole rings is 1. The molecule has 1 atom stereocenters. The molecule has 3 aliphatic rings. The second-order valence-electron chi connectivity index (χ2n) is 9.23. The lowest BCUT2D eigenvalue weighted by atomic mass is 9.84. The first kappa shape index (κ1) is 19.6. The molecule has 0 spiro atoms. The van der Waals surface area contributed by atoms with Crippen LogP contribution in [0.5, 0.6) is 0 Å². The van der Waals surface area contributed by atoms with Gasteiger partial charge < -0.3 is 18.8 Å². The highest BCUT2D eigenvalue weighted by atomic mass is 16.5. The van der Waals surface area contributed by atoms with Crippen molar-refractivity contribution in [2.75, 3.05) is 6.54 Å². The smallest absolute Gasteiger partial charge is 0.275 e. The quantitative estimate of drug-likeness (QED) is 0.767. The van der Waals surface area contributed by atoms with Gasteiger partial charge in [0.05, 0.1) is 18.3 Å². The number of nitrogens with zero attached hydrogens (tertiary/aromatic N) is 4. The van der Waals surface area contributed by atoms with Gasteiger partial charge in [0.2, 0.25) is 0 Å². The summed E-state index contributed by atoms with van der Waals surface area (Å²) >= 11 is 0. The van der Waals surface area contributed by atoms with Crippen LogP contribution in [0.4, 0.5) is 0 Å². The average molecular weight is 418 g/mol. The Hall–Kier alpha value is -3.35. The number of rotatable bonds is 3. The molecule has 31 heavy (non-hydrogen) atoms. The zero-order chi connectivity index (χ0) is 21.9. The van der Waals surface area contributed by atoms with E-state index in [2.05, 4.69) is 24.9 Å². The van der Waals surface area contributed by atoms with Crippen LogP contribution in [-0.4, -0.2) is 37.5 Å². The van der Waals surface area contributed by atoms with Crippen molar-refractivity contribution < 1.29 is 9.53 Å². The Bertz CT molecular complexity index is 1240. The molecule has 4 heterocycles. The van der Waals surface area contributed by atoms with Crippen LogP contribution in [-0.2, 0) is 11.3 Å². The lowest BCUT2D eigenvalue weighted by Gasteiger charge is -2.37. The zero-order valence-corrected chi connectivity index (χ0v) is 18.3. The predicted molar refractivity (Wildman–Crippen MR) is 117 cm³/mol. The Labute approximate surface area is 181 Å². The topological polar surface area (TPSA) is 69.4 Å². The molecule has 1 amide bonds. The molecule has 2 aliphatic heterocycles. The van der Waals surface area contributed by atoms with E-state index in [0.717, 1.165) is 23.4 Å². The number of ether oxygens (including phenoxy) is 1. The fourth-order valence-electron chi connectivity index (χ4n) is 4.79. The lowest BCUT2D eigenvalue weighted by Crippen LogP contribution is -2.51. The predicted octanol–water partition coefficient (Wildman–Crippen LogP) is 3.34. The van der Waals surface area contributed by atoms with Crippen molar-refractivity contribution in [1.82, 2.24) is 19.0 Å².